The predicted octanol–water partition coefficient (Wildman–Crippen LogP) is 1.40. The van der Waals surface area contributed by atoms with E-state index in [4.69, 9.17) is 14.7 Å². The molecular weight excluding hydrogens is 296 g/mol. The SMILES string of the molecule is N#CC1(C(=O)N2CC[C@@H](c3ccc4c(c3)OCO4)[C@H](O)C2)CC1. The lowest BCUT2D eigenvalue weighted by Gasteiger charge is -2.37. The third-order valence-corrected chi connectivity index (χ3v) is 5.07. The minimum Gasteiger partial charge on any atom is -0.454 e. The lowest BCUT2D eigenvalue weighted by molar-refractivity contribution is -0.138. The molecule has 0 radical (unpaired) electrons. The Labute approximate surface area is 134 Å². The molecule has 1 amide bonds. The van der Waals surface area contributed by atoms with Gasteiger partial charge in [0.2, 0.25) is 12.7 Å². The first kappa shape index (κ1) is 14.3. The van der Waals surface area contributed by atoms with Crippen molar-refractivity contribution < 1.29 is 19.4 Å². The summed E-state index contributed by atoms with van der Waals surface area (Å²) < 4.78 is 10.7. The van der Waals surface area contributed by atoms with Crippen LogP contribution >= 0.6 is 0 Å². The summed E-state index contributed by atoms with van der Waals surface area (Å²) in [6, 6.07) is 7.84. The van der Waals surface area contributed by atoms with Crippen molar-refractivity contribution in [3.8, 4) is 17.6 Å². The van der Waals surface area contributed by atoms with Gasteiger partial charge in [0.1, 0.15) is 5.41 Å². The number of aliphatic hydroxyl groups excluding tert-OH is 1. The van der Waals surface area contributed by atoms with E-state index in [0.29, 0.717) is 31.6 Å². The van der Waals surface area contributed by atoms with Gasteiger partial charge in [-0.1, -0.05) is 6.07 Å². The van der Waals surface area contributed by atoms with Crippen LogP contribution in [0.4, 0.5) is 0 Å². The predicted molar refractivity (Wildman–Crippen MR) is 79.8 cm³/mol. The van der Waals surface area contributed by atoms with Gasteiger partial charge in [-0.25, -0.2) is 0 Å². The average Bonchev–Trinajstić information content (AvgIpc) is 3.23. The summed E-state index contributed by atoms with van der Waals surface area (Å²) in [5, 5.41) is 19.7. The lowest BCUT2D eigenvalue weighted by Crippen LogP contribution is -2.48. The number of likely N-dealkylation sites (tertiary alicyclic amines) is 1. The summed E-state index contributed by atoms with van der Waals surface area (Å²) in [7, 11) is 0. The van der Waals surface area contributed by atoms with Crippen molar-refractivity contribution in [2.24, 2.45) is 5.41 Å². The van der Waals surface area contributed by atoms with E-state index in [1.54, 1.807) is 4.90 Å². The maximum atomic E-state index is 12.4. The normalized spacial score (nSPS) is 27.4. The number of aliphatic hydroxyl groups is 1. The smallest absolute Gasteiger partial charge is 0.243 e. The Balaban J connectivity index is 1.48. The third-order valence-electron chi connectivity index (χ3n) is 5.07. The second-order valence-electron chi connectivity index (χ2n) is 6.52. The van der Waals surface area contributed by atoms with Crippen LogP contribution in [0.25, 0.3) is 0 Å². The molecule has 1 aliphatic carbocycles. The summed E-state index contributed by atoms with van der Waals surface area (Å²) >= 11 is 0. The van der Waals surface area contributed by atoms with E-state index in [9.17, 15) is 9.90 Å². The van der Waals surface area contributed by atoms with Crippen LogP contribution in [-0.2, 0) is 4.79 Å². The summed E-state index contributed by atoms with van der Waals surface area (Å²) in [6.07, 6.45) is 1.32. The zero-order chi connectivity index (χ0) is 16.0. The van der Waals surface area contributed by atoms with Gasteiger partial charge in [-0.05, 0) is 37.0 Å². The van der Waals surface area contributed by atoms with Gasteiger partial charge in [0.15, 0.2) is 11.5 Å². The first-order valence-electron chi connectivity index (χ1n) is 7.91. The van der Waals surface area contributed by atoms with Gasteiger partial charge >= 0.3 is 0 Å². The molecule has 0 bridgehead atoms. The summed E-state index contributed by atoms with van der Waals surface area (Å²) in [4.78, 5) is 14.1. The van der Waals surface area contributed by atoms with Crippen molar-refractivity contribution in [3.05, 3.63) is 23.8 Å². The number of ether oxygens (including phenoxy) is 2. The first-order chi connectivity index (χ1) is 11.1. The molecule has 2 fully saturated rings. The highest BCUT2D eigenvalue weighted by Crippen LogP contribution is 2.47. The van der Waals surface area contributed by atoms with Crippen molar-refractivity contribution in [3.63, 3.8) is 0 Å². The van der Waals surface area contributed by atoms with Crippen LogP contribution in [0.2, 0.25) is 0 Å². The van der Waals surface area contributed by atoms with Crippen molar-refractivity contribution >= 4 is 5.91 Å². The molecule has 1 saturated heterocycles. The van der Waals surface area contributed by atoms with E-state index in [0.717, 1.165) is 11.3 Å². The Kier molecular flexibility index (Phi) is 3.20. The first-order valence-corrected chi connectivity index (χ1v) is 7.91. The van der Waals surface area contributed by atoms with Crippen molar-refractivity contribution in [2.75, 3.05) is 19.9 Å². The maximum Gasteiger partial charge on any atom is 0.243 e. The zero-order valence-electron chi connectivity index (χ0n) is 12.7. The van der Waals surface area contributed by atoms with Gasteiger partial charge in [0.05, 0.1) is 12.2 Å². The maximum absolute atomic E-state index is 12.4. The summed E-state index contributed by atoms with van der Waals surface area (Å²) in [6.45, 7) is 1.07. The van der Waals surface area contributed by atoms with Crippen molar-refractivity contribution in [1.29, 1.82) is 5.26 Å². The number of hydrogen-bond acceptors (Lipinski definition) is 5. The fourth-order valence-corrected chi connectivity index (χ4v) is 3.45. The fraction of sp³-hybridized carbons (Fsp3) is 0.529. The molecule has 1 saturated carbocycles. The molecule has 6 nitrogen and oxygen atoms in total. The standard InChI is InChI=1S/C17H18N2O4/c18-9-17(4-5-17)16(21)19-6-3-12(13(20)8-19)11-1-2-14-15(7-11)23-10-22-14/h1-2,7,12-13,20H,3-6,8,10H2/t12-,13+/m0/s1. The third kappa shape index (κ3) is 2.32. The van der Waals surface area contributed by atoms with Crippen LogP contribution in [0.15, 0.2) is 18.2 Å². The number of nitriles is 1. The number of amides is 1. The zero-order valence-corrected chi connectivity index (χ0v) is 12.7. The molecule has 4 rings (SSSR count). The molecule has 2 aliphatic heterocycles. The molecule has 0 spiro atoms. The quantitative estimate of drug-likeness (QED) is 0.892. The van der Waals surface area contributed by atoms with E-state index in [-0.39, 0.29) is 25.2 Å². The van der Waals surface area contributed by atoms with Crippen LogP contribution in [0.5, 0.6) is 11.5 Å². The highest BCUT2D eigenvalue weighted by Gasteiger charge is 2.53. The van der Waals surface area contributed by atoms with E-state index >= 15 is 0 Å². The molecule has 1 aromatic carbocycles. The Morgan fingerprint density at radius 3 is 2.83 bits per heavy atom. The number of carbonyl (C=O) groups is 1. The number of hydrogen-bond donors (Lipinski definition) is 1. The topological polar surface area (TPSA) is 82.8 Å². The second-order valence-corrected chi connectivity index (χ2v) is 6.52. The lowest BCUT2D eigenvalue weighted by atomic mass is 9.86. The number of nitrogens with zero attached hydrogens (tertiary/aromatic N) is 2. The second kappa shape index (κ2) is 5.14. The van der Waals surface area contributed by atoms with Crippen LogP contribution < -0.4 is 9.47 Å². The van der Waals surface area contributed by atoms with Gasteiger partial charge in [-0.3, -0.25) is 4.79 Å². The minimum absolute atomic E-state index is 0.0363. The van der Waals surface area contributed by atoms with E-state index in [2.05, 4.69) is 6.07 Å². The average molecular weight is 314 g/mol. The molecule has 23 heavy (non-hydrogen) atoms. The molecule has 1 aromatic rings. The van der Waals surface area contributed by atoms with Crippen LogP contribution in [0.1, 0.15) is 30.7 Å². The Morgan fingerprint density at radius 1 is 1.35 bits per heavy atom. The van der Waals surface area contributed by atoms with E-state index in [1.807, 2.05) is 18.2 Å². The highest BCUT2D eigenvalue weighted by atomic mass is 16.7. The van der Waals surface area contributed by atoms with Gasteiger partial charge in [-0.15, -0.1) is 0 Å². The molecule has 2 atom stereocenters. The number of rotatable bonds is 2. The molecule has 0 unspecified atom stereocenters. The minimum atomic E-state index is -0.814. The molecule has 6 heteroatoms. The summed E-state index contributed by atoms with van der Waals surface area (Å²) in [5.41, 5.74) is 0.181. The van der Waals surface area contributed by atoms with Crippen LogP contribution in [-0.4, -0.2) is 41.9 Å². The Hall–Kier alpha value is -2.26. The Bertz CT molecular complexity index is 692. The monoisotopic (exact) mass is 314 g/mol. The van der Waals surface area contributed by atoms with E-state index < -0.39 is 11.5 Å². The van der Waals surface area contributed by atoms with Crippen molar-refractivity contribution in [2.45, 2.75) is 31.3 Å². The van der Waals surface area contributed by atoms with Crippen molar-refractivity contribution in [1.82, 2.24) is 4.90 Å². The van der Waals surface area contributed by atoms with E-state index in [1.165, 1.54) is 0 Å². The van der Waals surface area contributed by atoms with Gasteiger partial charge in [-0.2, -0.15) is 5.26 Å². The molecule has 120 valence electrons. The largest absolute Gasteiger partial charge is 0.454 e. The number of benzene rings is 1. The molecular formula is C17H18N2O4. The number of β-amino-alcohol motifs (C(OH)–C–C–N with tert-alkyl or cyclic N) is 1. The van der Waals surface area contributed by atoms with Crippen LogP contribution in [0.3, 0.4) is 0 Å². The van der Waals surface area contributed by atoms with Gasteiger partial charge in [0, 0.05) is 19.0 Å². The fourth-order valence-electron chi connectivity index (χ4n) is 3.45. The molecule has 2 heterocycles. The summed E-state index contributed by atoms with van der Waals surface area (Å²) in [5.74, 6) is 1.27. The van der Waals surface area contributed by atoms with Gasteiger partial charge in [0.25, 0.3) is 0 Å². The number of piperidine rings is 1. The number of carbonyl (C=O) groups excluding carboxylic acids is 1. The molecule has 3 aliphatic rings. The van der Waals surface area contributed by atoms with Crippen LogP contribution in [0, 0.1) is 16.7 Å². The highest BCUT2D eigenvalue weighted by molar-refractivity contribution is 5.88. The molecule has 1 N–H and O–H groups in total. The Morgan fingerprint density at radius 2 is 2.13 bits per heavy atom. The molecule has 0 aromatic heterocycles. The number of fused-ring (bicyclic) bond motifs is 1. The van der Waals surface area contributed by atoms with Gasteiger partial charge < -0.3 is 19.5 Å².